The summed E-state index contributed by atoms with van der Waals surface area (Å²) in [7, 11) is -3.66. The number of sulfonamides is 1. The van der Waals surface area contributed by atoms with Crippen LogP contribution in [0, 0.1) is 0 Å². The van der Waals surface area contributed by atoms with Crippen molar-refractivity contribution in [3.05, 3.63) is 41.7 Å². The van der Waals surface area contributed by atoms with E-state index in [0.29, 0.717) is 18.7 Å². The van der Waals surface area contributed by atoms with Crippen molar-refractivity contribution in [2.75, 3.05) is 13.2 Å². The zero-order valence-electron chi connectivity index (χ0n) is 14.6. The third-order valence-corrected chi connectivity index (χ3v) is 6.10. The molecule has 1 amide bonds. The number of carbonyl (C=O) groups excluding carboxylic acids is 1. The number of nitrogens with two attached hydrogens (primary N) is 1. The number of fused-ring (bicyclic) bond motifs is 1. The Kier molecular flexibility index (Phi) is 5.28. The molecule has 0 fully saturated rings. The zero-order chi connectivity index (χ0) is 18.7. The molecule has 8 nitrogen and oxygen atoms in total. The zero-order valence-corrected chi connectivity index (χ0v) is 15.4. The number of nitrogens with zero attached hydrogens (tertiary/aromatic N) is 3. The molecule has 0 atom stereocenters. The molecule has 1 aromatic heterocycles. The van der Waals surface area contributed by atoms with E-state index in [1.165, 1.54) is 16.7 Å². The molecule has 0 radical (unpaired) electrons. The van der Waals surface area contributed by atoms with Crippen molar-refractivity contribution in [2.45, 2.75) is 37.8 Å². The van der Waals surface area contributed by atoms with Crippen LogP contribution in [0.3, 0.4) is 0 Å². The molecule has 2 aromatic rings. The molecule has 0 aliphatic carbocycles. The van der Waals surface area contributed by atoms with Gasteiger partial charge in [0.15, 0.2) is 0 Å². The smallest absolute Gasteiger partial charge is 0.246 e. The lowest BCUT2D eigenvalue weighted by molar-refractivity contribution is -0.117. The molecule has 1 aromatic carbocycles. The highest BCUT2D eigenvalue weighted by molar-refractivity contribution is 7.89. The molecule has 1 aliphatic rings. The van der Waals surface area contributed by atoms with Crippen LogP contribution in [0.2, 0.25) is 0 Å². The van der Waals surface area contributed by atoms with Crippen LogP contribution in [0.5, 0.6) is 5.75 Å². The van der Waals surface area contributed by atoms with E-state index >= 15 is 0 Å². The molecule has 3 rings (SSSR count). The maximum atomic E-state index is 12.9. The molecular formula is C17H22N4O4S. The van der Waals surface area contributed by atoms with Crippen LogP contribution in [0.4, 0.5) is 0 Å². The number of ether oxygens (including phenoxy) is 1. The quantitative estimate of drug-likeness (QED) is 0.804. The van der Waals surface area contributed by atoms with Gasteiger partial charge < -0.3 is 10.5 Å². The first kappa shape index (κ1) is 18.4. The Morgan fingerprint density at radius 3 is 2.88 bits per heavy atom. The molecule has 26 heavy (non-hydrogen) atoms. The molecule has 2 N–H and O–H groups in total. The minimum atomic E-state index is -3.66. The highest BCUT2D eigenvalue weighted by atomic mass is 32.2. The van der Waals surface area contributed by atoms with Crippen molar-refractivity contribution < 1.29 is 17.9 Å². The lowest BCUT2D eigenvalue weighted by Gasteiger charge is -2.18. The topological polar surface area (TPSA) is 108 Å². The fraction of sp³-hybridized carbons (Fsp3) is 0.412. The summed E-state index contributed by atoms with van der Waals surface area (Å²) in [5.74, 6) is 0.295. The van der Waals surface area contributed by atoms with E-state index in [0.717, 1.165) is 11.1 Å². The minimum Gasteiger partial charge on any atom is -0.492 e. The summed E-state index contributed by atoms with van der Waals surface area (Å²) >= 11 is 0. The van der Waals surface area contributed by atoms with Crippen LogP contribution < -0.4 is 10.5 Å². The number of amides is 1. The maximum absolute atomic E-state index is 12.9. The first-order valence-electron chi connectivity index (χ1n) is 8.45. The molecule has 140 valence electrons. The summed E-state index contributed by atoms with van der Waals surface area (Å²) in [6.07, 6.45) is 3.66. The van der Waals surface area contributed by atoms with E-state index < -0.39 is 10.0 Å². The molecule has 9 heteroatoms. The van der Waals surface area contributed by atoms with Gasteiger partial charge in [0.1, 0.15) is 17.3 Å². The Hall–Kier alpha value is -2.39. The van der Waals surface area contributed by atoms with E-state index in [2.05, 4.69) is 5.10 Å². The van der Waals surface area contributed by atoms with Gasteiger partial charge in [-0.2, -0.15) is 9.40 Å². The number of rotatable bonds is 6. The summed E-state index contributed by atoms with van der Waals surface area (Å²) in [6.45, 7) is 3.23. The van der Waals surface area contributed by atoms with E-state index in [1.54, 1.807) is 4.68 Å². The standard InChI is InChI=1S/C17H22N4O4S/c1-2-20-12-15(10-19-20)26(23,24)21-7-8-25-16-5-3-13(4-6-17(18)22)9-14(16)11-21/h3,5,9-10,12H,2,4,6-8,11H2,1H3,(H2,18,22). The van der Waals surface area contributed by atoms with Gasteiger partial charge in [-0.3, -0.25) is 9.48 Å². The number of carbonyl (C=O) groups is 1. The van der Waals surface area contributed by atoms with Gasteiger partial charge >= 0.3 is 0 Å². The van der Waals surface area contributed by atoms with E-state index in [9.17, 15) is 13.2 Å². The lowest BCUT2D eigenvalue weighted by Crippen LogP contribution is -2.32. The summed E-state index contributed by atoms with van der Waals surface area (Å²) < 4.78 is 34.5. The molecule has 0 spiro atoms. The predicted molar refractivity (Wildman–Crippen MR) is 94.9 cm³/mol. The van der Waals surface area contributed by atoms with Gasteiger partial charge in [0.2, 0.25) is 15.9 Å². The fourth-order valence-corrected chi connectivity index (χ4v) is 4.21. The summed E-state index contributed by atoms with van der Waals surface area (Å²) in [4.78, 5) is 11.2. The number of aromatic nitrogens is 2. The Labute approximate surface area is 152 Å². The van der Waals surface area contributed by atoms with Crippen LogP contribution in [0.1, 0.15) is 24.5 Å². The monoisotopic (exact) mass is 378 g/mol. The minimum absolute atomic E-state index is 0.174. The maximum Gasteiger partial charge on any atom is 0.246 e. The lowest BCUT2D eigenvalue weighted by atomic mass is 10.1. The fourth-order valence-electron chi connectivity index (χ4n) is 2.85. The van der Waals surface area contributed by atoms with Crippen molar-refractivity contribution in [1.29, 1.82) is 0 Å². The SMILES string of the molecule is CCn1cc(S(=O)(=O)N2CCOc3ccc(CCC(N)=O)cc3C2)cn1. The van der Waals surface area contributed by atoms with Gasteiger partial charge in [-0.15, -0.1) is 0 Å². The molecule has 0 bridgehead atoms. The van der Waals surface area contributed by atoms with Crippen LogP contribution in [-0.2, 0) is 34.3 Å². The Bertz CT molecular complexity index is 907. The first-order valence-corrected chi connectivity index (χ1v) is 9.89. The molecule has 0 saturated carbocycles. The highest BCUT2D eigenvalue weighted by Crippen LogP contribution is 2.28. The van der Waals surface area contributed by atoms with Crippen molar-refractivity contribution in [2.24, 2.45) is 5.73 Å². The van der Waals surface area contributed by atoms with Crippen molar-refractivity contribution >= 4 is 15.9 Å². The molecule has 1 aliphatic heterocycles. The second-order valence-electron chi connectivity index (χ2n) is 6.13. The van der Waals surface area contributed by atoms with Crippen LogP contribution in [0.15, 0.2) is 35.5 Å². The van der Waals surface area contributed by atoms with Gasteiger partial charge in [0, 0.05) is 37.8 Å². The van der Waals surface area contributed by atoms with Gasteiger partial charge in [0.25, 0.3) is 0 Å². The average molecular weight is 378 g/mol. The number of benzene rings is 1. The largest absolute Gasteiger partial charge is 0.492 e. The van der Waals surface area contributed by atoms with Gasteiger partial charge in [0.05, 0.1) is 6.20 Å². The highest BCUT2D eigenvalue weighted by Gasteiger charge is 2.29. The number of aryl methyl sites for hydroxylation is 2. The summed E-state index contributed by atoms with van der Waals surface area (Å²) in [6, 6.07) is 5.57. The number of hydrogen-bond donors (Lipinski definition) is 1. The van der Waals surface area contributed by atoms with E-state index in [4.69, 9.17) is 10.5 Å². The summed E-state index contributed by atoms with van der Waals surface area (Å²) in [5.41, 5.74) is 6.90. The van der Waals surface area contributed by atoms with Crippen molar-refractivity contribution in [3.8, 4) is 5.75 Å². The van der Waals surface area contributed by atoms with Crippen LogP contribution in [0.25, 0.3) is 0 Å². The van der Waals surface area contributed by atoms with Gasteiger partial charge in [-0.1, -0.05) is 12.1 Å². The average Bonchev–Trinajstić information content (AvgIpc) is 3.00. The number of primary amides is 1. The van der Waals surface area contributed by atoms with Crippen LogP contribution in [-0.4, -0.2) is 41.6 Å². The van der Waals surface area contributed by atoms with E-state index in [-0.39, 0.29) is 36.9 Å². The van der Waals surface area contributed by atoms with Gasteiger partial charge in [-0.05, 0) is 25.0 Å². The second kappa shape index (κ2) is 7.46. The normalized spacial score (nSPS) is 15.1. The molecule has 0 unspecified atom stereocenters. The molecular weight excluding hydrogens is 356 g/mol. The third kappa shape index (κ3) is 3.88. The molecule has 0 saturated heterocycles. The third-order valence-electron chi connectivity index (χ3n) is 4.30. The Morgan fingerprint density at radius 2 is 2.19 bits per heavy atom. The Balaban J connectivity index is 1.85. The van der Waals surface area contributed by atoms with Crippen molar-refractivity contribution in [3.63, 3.8) is 0 Å². The number of hydrogen-bond acceptors (Lipinski definition) is 5. The van der Waals surface area contributed by atoms with Crippen molar-refractivity contribution in [1.82, 2.24) is 14.1 Å². The van der Waals surface area contributed by atoms with E-state index in [1.807, 2.05) is 25.1 Å². The Morgan fingerprint density at radius 1 is 1.38 bits per heavy atom. The second-order valence-corrected chi connectivity index (χ2v) is 8.07. The summed E-state index contributed by atoms with van der Waals surface area (Å²) in [5, 5.41) is 4.05. The first-order chi connectivity index (χ1) is 12.4. The van der Waals surface area contributed by atoms with Gasteiger partial charge in [-0.25, -0.2) is 8.42 Å². The predicted octanol–water partition coefficient (Wildman–Crippen LogP) is 0.904. The van der Waals surface area contributed by atoms with Crippen LogP contribution >= 0.6 is 0 Å². The molecule has 2 heterocycles.